The second-order valence-corrected chi connectivity index (χ2v) is 6.19. The molecule has 2 unspecified atom stereocenters. The zero-order valence-corrected chi connectivity index (χ0v) is 11.9. The fraction of sp³-hybridized carbons (Fsp3) is 0.933. The number of hydrogen-bond donors (Lipinski definition) is 2. The summed E-state index contributed by atoms with van der Waals surface area (Å²) in [7, 11) is 0. The molecule has 104 valence electrons. The van der Waals surface area contributed by atoms with Crippen molar-refractivity contribution >= 4 is 5.91 Å². The van der Waals surface area contributed by atoms with Crippen molar-refractivity contribution < 1.29 is 4.79 Å². The van der Waals surface area contributed by atoms with Gasteiger partial charge in [0, 0.05) is 12.6 Å². The Labute approximate surface area is 111 Å². The highest BCUT2D eigenvalue weighted by atomic mass is 16.2. The molecule has 0 aromatic rings. The van der Waals surface area contributed by atoms with Crippen molar-refractivity contribution in [2.45, 2.75) is 77.3 Å². The van der Waals surface area contributed by atoms with Crippen molar-refractivity contribution in [2.24, 2.45) is 5.41 Å². The number of amides is 1. The summed E-state index contributed by atoms with van der Waals surface area (Å²) in [6, 6.07) is 0.542. The first-order valence-electron chi connectivity index (χ1n) is 7.72. The second-order valence-electron chi connectivity index (χ2n) is 6.19. The smallest absolute Gasteiger partial charge is 0.236 e. The molecule has 2 N–H and O–H groups in total. The molecule has 2 saturated carbocycles. The van der Waals surface area contributed by atoms with Crippen LogP contribution >= 0.6 is 0 Å². The van der Waals surface area contributed by atoms with E-state index in [1.807, 2.05) is 6.92 Å². The van der Waals surface area contributed by atoms with Crippen LogP contribution in [0.3, 0.4) is 0 Å². The Morgan fingerprint density at radius 2 is 2.00 bits per heavy atom. The first-order chi connectivity index (χ1) is 8.68. The molecule has 1 spiro atoms. The van der Waals surface area contributed by atoms with E-state index >= 15 is 0 Å². The van der Waals surface area contributed by atoms with E-state index < -0.39 is 0 Å². The minimum absolute atomic E-state index is 0.0411. The van der Waals surface area contributed by atoms with Crippen LogP contribution in [-0.4, -0.2) is 24.5 Å². The number of hydrogen-bond acceptors (Lipinski definition) is 2. The lowest BCUT2D eigenvalue weighted by molar-refractivity contribution is -0.123. The second kappa shape index (κ2) is 6.05. The van der Waals surface area contributed by atoms with Gasteiger partial charge in [0.25, 0.3) is 0 Å². The van der Waals surface area contributed by atoms with Gasteiger partial charge < -0.3 is 10.6 Å². The van der Waals surface area contributed by atoms with Gasteiger partial charge in [-0.05, 0) is 44.4 Å². The largest absolute Gasteiger partial charge is 0.355 e. The fourth-order valence-electron chi connectivity index (χ4n) is 3.59. The summed E-state index contributed by atoms with van der Waals surface area (Å²) < 4.78 is 0. The molecule has 2 fully saturated rings. The number of rotatable bonds is 5. The summed E-state index contributed by atoms with van der Waals surface area (Å²) >= 11 is 0. The topological polar surface area (TPSA) is 41.1 Å². The Hall–Kier alpha value is -0.570. The summed E-state index contributed by atoms with van der Waals surface area (Å²) in [5, 5.41) is 6.55. The standard InChI is InChI=1S/C15H28N2O/c1-3-11-16-14(18)12(2)17-13-7-10-15(13)8-5-4-6-9-15/h12-13,17H,3-11H2,1-2H3,(H,16,18). The number of carbonyl (C=O) groups excluding carboxylic acids is 1. The van der Waals surface area contributed by atoms with Crippen LogP contribution in [0.4, 0.5) is 0 Å². The lowest BCUT2D eigenvalue weighted by atomic mass is 9.57. The van der Waals surface area contributed by atoms with Crippen LogP contribution < -0.4 is 10.6 Å². The zero-order valence-electron chi connectivity index (χ0n) is 11.9. The van der Waals surface area contributed by atoms with Crippen molar-refractivity contribution in [1.82, 2.24) is 10.6 Å². The highest BCUT2D eigenvalue weighted by molar-refractivity contribution is 5.81. The van der Waals surface area contributed by atoms with E-state index in [2.05, 4.69) is 17.6 Å². The normalized spacial score (nSPS) is 27.6. The van der Waals surface area contributed by atoms with Crippen LogP contribution in [0.1, 0.15) is 65.2 Å². The summed E-state index contributed by atoms with van der Waals surface area (Å²) in [5.41, 5.74) is 0.539. The van der Waals surface area contributed by atoms with Crippen LogP contribution in [-0.2, 0) is 4.79 Å². The molecule has 2 aliphatic carbocycles. The Kier molecular flexibility index (Phi) is 4.66. The molecular formula is C15H28N2O. The average Bonchev–Trinajstić information content (AvgIpc) is 2.41. The molecule has 3 heteroatoms. The van der Waals surface area contributed by atoms with Crippen molar-refractivity contribution in [3.05, 3.63) is 0 Å². The molecule has 2 aliphatic rings. The fourth-order valence-corrected chi connectivity index (χ4v) is 3.59. The molecule has 1 amide bonds. The van der Waals surface area contributed by atoms with E-state index in [1.165, 1.54) is 44.9 Å². The van der Waals surface area contributed by atoms with Gasteiger partial charge in [-0.25, -0.2) is 0 Å². The van der Waals surface area contributed by atoms with Gasteiger partial charge in [-0.2, -0.15) is 0 Å². The number of carbonyl (C=O) groups is 1. The molecule has 0 radical (unpaired) electrons. The summed E-state index contributed by atoms with van der Waals surface area (Å²) in [6.45, 7) is 4.88. The minimum atomic E-state index is -0.0411. The van der Waals surface area contributed by atoms with Gasteiger partial charge in [-0.1, -0.05) is 26.2 Å². The third-order valence-corrected chi connectivity index (χ3v) is 4.91. The molecule has 0 aromatic heterocycles. The maximum Gasteiger partial charge on any atom is 0.236 e. The molecule has 0 heterocycles. The van der Waals surface area contributed by atoms with E-state index in [0.29, 0.717) is 11.5 Å². The summed E-state index contributed by atoms with van der Waals surface area (Å²) in [6.07, 6.45) is 10.5. The van der Waals surface area contributed by atoms with Crippen LogP contribution in [0.5, 0.6) is 0 Å². The highest BCUT2D eigenvalue weighted by Crippen LogP contribution is 2.51. The molecule has 3 nitrogen and oxygen atoms in total. The SMILES string of the molecule is CCCNC(=O)C(C)NC1CCC12CCCCC2. The average molecular weight is 252 g/mol. The Morgan fingerprint density at radius 3 is 2.56 bits per heavy atom. The van der Waals surface area contributed by atoms with E-state index in [0.717, 1.165) is 13.0 Å². The van der Waals surface area contributed by atoms with Crippen LogP contribution in [0, 0.1) is 5.41 Å². The van der Waals surface area contributed by atoms with Crippen molar-refractivity contribution in [1.29, 1.82) is 0 Å². The first-order valence-corrected chi connectivity index (χ1v) is 7.72. The Morgan fingerprint density at radius 1 is 1.28 bits per heavy atom. The predicted molar refractivity (Wildman–Crippen MR) is 74.4 cm³/mol. The predicted octanol–water partition coefficient (Wildman–Crippen LogP) is 2.60. The third kappa shape index (κ3) is 2.87. The number of nitrogens with one attached hydrogen (secondary N) is 2. The summed E-state index contributed by atoms with van der Waals surface area (Å²) in [5.74, 6) is 0.162. The highest BCUT2D eigenvalue weighted by Gasteiger charge is 2.47. The van der Waals surface area contributed by atoms with Gasteiger partial charge in [-0.3, -0.25) is 4.79 Å². The molecule has 2 rings (SSSR count). The van der Waals surface area contributed by atoms with Gasteiger partial charge >= 0.3 is 0 Å². The van der Waals surface area contributed by atoms with Gasteiger partial charge in [-0.15, -0.1) is 0 Å². The molecule has 0 aromatic carbocycles. The van der Waals surface area contributed by atoms with E-state index in [-0.39, 0.29) is 11.9 Å². The molecule has 2 atom stereocenters. The molecule has 18 heavy (non-hydrogen) atoms. The Balaban J connectivity index is 1.80. The zero-order chi connectivity index (χ0) is 13.0. The maximum absolute atomic E-state index is 11.9. The lowest BCUT2D eigenvalue weighted by Crippen LogP contribution is -2.59. The van der Waals surface area contributed by atoms with Gasteiger partial charge in [0.05, 0.1) is 6.04 Å². The Bertz CT molecular complexity index is 284. The van der Waals surface area contributed by atoms with E-state index in [4.69, 9.17) is 0 Å². The quantitative estimate of drug-likeness (QED) is 0.789. The monoisotopic (exact) mass is 252 g/mol. The minimum Gasteiger partial charge on any atom is -0.355 e. The molecule has 0 aliphatic heterocycles. The van der Waals surface area contributed by atoms with Crippen LogP contribution in [0.15, 0.2) is 0 Å². The molecular weight excluding hydrogens is 224 g/mol. The van der Waals surface area contributed by atoms with Crippen LogP contribution in [0.25, 0.3) is 0 Å². The van der Waals surface area contributed by atoms with Crippen molar-refractivity contribution in [3.63, 3.8) is 0 Å². The lowest BCUT2D eigenvalue weighted by Gasteiger charge is -2.53. The molecule has 0 bridgehead atoms. The third-order valence-electron chi connectivity index (χ3n) is 4.91. The maximum atomic E-state index is 11.9. The van der Waals surface area contributed by atoms with E-state index in [1.54, 1.807) is 0 Å². The van der Waals surface area contributed by atoms with Crippen molar-refractivity contribution in [2.75, 3.05) is 6.54 Å². The van der Waals surface area contributed by atoms with E-state index in [9.17, 15) is 4.79 Å². The van der Waals surface area contributed by atoms with Gasteiger partial charge in [0.2, 0.25) is 5.91 Å². The first kappa shape index (κ1) is 13.9. The van der Waals surface area contributed by atoms with Gasteiger partial charge in [0.15, 0.2) is 0 Å². The van der Waals surface area contributed by atoms with Gasteiger partial charge in [0.1, 0.15) is 0 Å². The molecule has 0 saturated heterocycles. The van der Waals surface area contributed by atoms with Crippen molar-refractivity contribution in [3.8, 4) is 0 Å². The summed E-state index contributed by atoms with van der Waals surface area (Å²) in [4.78, 5) is 11.9. The van der Waals surface area contributed by atoms with Crippen LogP contribution in [0.2, 0.25) is 0 Å².